The predicted octanol–water partition coefficient (Wildman–Crippen LogP) is 2.06. The van der Waals surface area contributed by atoms with Crippen LogP contribution >= 0.6 is 0 Å². The van der Waals surface area contributed by atoms with Crippen molar-refractivity contribution < 1.29 is 4.79 Å². The Labute approximate surface area is 125 Å². The number of nitrogens with two attached hydrogens (primary N) is 1. The summed E-state index contributed by atoms with van der Waals surface area (Å²) in [6.07, 6.45) is 5.46. The molecular weight excluding hydrogens is 260 g/mol. The average Bonchev–Trinajstić information content (AvgIpc) is 2.74. The highest BCUT2D eigenvalue weighted by Crippen LogP contribution is 2.80. The maximum Gasteiger partial charge on any atom is 0.223 e. The fourth-order valence-corrected chi connectivity index (χ4v) is 6.80. The number of rotatable bonds is 2. The molecule has 5 rings (SSSR count). The third-order valence-corrected chi connectivity index (χ3v) is 7.57. The van der Waals surface area contributed by atoms with E-state index in [1.807, 2.05) is 0 Å². The van der Waals surface area contributed by atoms with Gasteiger partial charge in [-0.15, -0.1) is 0 Å². The molecule has 4 fully saturated rings. The molecule has 110 valence electrons. The summed E-state index contributed by atoms with van der Waals surface area (Å²) >= 11 is 0. The van der Waals surface area contributed by atoms with E-state index in [9.17, 15) is 4.79 Å². The Morgan fingerprint density at radius 1 is 1.19 bits per heavy atom. The molecule has 5 unspecified atom stereocenters. The zero-order valence-electron chi connectivity index (χ0n) is 12.5. The summed E-state index contributed by atoms with van der Waals surface area (Å²) < 4.78 is 0. The molecule has 1 aromatic carbocycles. The molecule has 3 bridgehead atoms. The summed E-state index contributed by atoms with van der Waals surface area (Å²) in [6.45, 7) is 0. The standard InChI is InChI=1S/C18H22N2O/c1-20-13-7-16(15(19)21)10-17(12-5-3-2-4-6-12)9-14(20)18(17,8-13)11-16/h2-6,13-14H,7-11H2,1H3,(H2,19,21). The number of hydrogen-bond donors (Lipinski definition) is 1. The molecule has 5 atom stereocenters. The summed E-state index contributed by atoms with van der Waals surface area (Å²) in [4.78, 5) is 14.9. The summed E-state index contributed by atoms with van der Waals surface area (Å²) in [6, 6.07) is 12.1. The first-order chi connectivity index (χ1) is 10.0. The fourth-order valence-electron chi connectivity index (χ4n) is 6.80. The molecule has 0 radical (unpaired) electrons. The minimum Gasteiger partial charge on any atom is -0.369 e. The highest BCUT2D eigenvalue weighted by molar-refractivity contribution is 5.83. The van der Waals surface area contributed by atoms with Crippen molar-refractivity contribution in [1.29, 1.82) is 0 Å². The van der Waals surface area contributed by atoms with Crippen molar-refractivity contribution in [2.24, 2.45) is 16.6 Å². The van der Waals surface area contributed by atoms with E-state index in [0.717, 1.165) is 19.3 Å². The van der Waals surface area contributed by atoms with Crippen LogP contribution in [-0.4, -0.2) is 29.9 Å². The Morgan fingerprint density at radius 3 is 2.67 bits per heavy atom. The topological polar surface area (TPSA) is 46.3 Å². The number of nitrogens with zero attached hydrogens (tertiary/aromatic N) is 1. The molecule has 2 N–H and O–H groups in total. The van der Waals surface area contributed by atoms with Crippen LogP contribution in [0.5, 0.6) is 0 Å². The first-order valence-corrected chi connectivity index (χ1v) is 8.11. The summed E-state index contributed by atoms with van der Waals surface area (Å²) in [5, 5.41) is 0. The lowest BCUT2D eigenvalue weighted by Crippen LogP contribution is -2.62. The largest absolute Gasteiger partial charge is 0.369 e. The minimum atomic E-state index is -0.252. The van der Waals surface area contributed by atoms with E-state index >= 15 is 0 Å². The van der Waals surface area contributed by atoms with Crippen LogP contribution in [0.1, 0.15) is 37.7 Å². The Kier molecular flexibility index (Phi) is 1.95. The van der Waals surface area contributed by atoms with Crippen molar-refractivity contribution in [2.75, 3.05) is 7.05 Å². The Hall–Kier alpha value is -1.35. The van der Waals surface area contributed by atoms with Crippen molar-refractivity contribution in [3.8, 4) is 0 Å². The highest BCUT2D eigenvalue weighted by Gasteiger charge is 2.80. The molecule has 0 aromatic heterocycles. The molecule has 1 saturated heterocycles. The third kappa shape index (κ3) is 1.10. The first kappa shape index (κ1) is 12.2. The van der Waals surface area contributed by atoms with Gasteiger partial charge in [0.15, 0.2) is 0 Å². The Bertz CT molecular complexity index is 644. The lowest BCUT2D eigenvalue weighted by molar-refractivity contribution is -0.129. The van der Waals surface area contributed by atoms with Gasteiger partial charge in [0.05, 0.1) is 5.41 Å². The van der Waals surface area contributed by atoms with Crippen molar-refractivity contribution in [3.63, 3.8) is 0 Å². The van der Waals surface area contributed by atoms with E-state index < -0.39 is 0 Å². The molecule has 21 heavy (non-hydrogen) atoms. The van der Waals surface area contributed by atoms with E-state index in [4.69, 9.17) is 5.73 Å². The van der Waals surface area contributed by atoms with Gasteiger partial charge in [-0.3, -0.25) is 9.69 Å². The van der Waals surface area contributed by atoms with E-state index in [0.29, 0.717) is 17.5 Å². The number of carbonyl (C=O) groups is 1. The lowest BCUT2D eigenvalue weighted by atomic mass is 9.46. The summed E-state index contributed by atoms with van der Waals surface area (Å²) in [5.74, 6) is -0.0506. The van der Waals surface area contributed by atoms with Gasteiger partial charge in [0, 0.05) is 17.5 Å². The molecule has 4 aliphatic rings. The maximum atomic E-state index is 12.3. The van der Waals surface area contributed by atoms with Crippen LogP contribution in [0.25, 0.3) is 0 Å². The van der Waals surface area contributed by atoms with E-state index in [1.165, 1.54) is 18.4 Å². The second kappa shape index (κ2) is 3.35. The second-order valence-corrected chi connectivity index (χ2v) is 8.05. The molecule has 3 saturated carbocycles. The number of amides is 1. The van der Waals surface area contributed by atoms with Gasteiger partial charge < -0.3 is 5.73 Å². The van der Waals surface area contributed by atoms with Crippen LogP contribution in [-0.2, 0) is 10.2 Å². The van der Waals surface area contributed by atoms with Crippen molar-refractivity contribution >= 4 is 5.91 Å². The van der Waals surface area contributed by atoms with Gasteiger partial charge >= 0.3 is 0 Å². The second-order valence-electron chi connectivity index (χ2n) is 8.05. The zero-order chi connectivity index (χ0) is 14.5. The SMILES string of the molecule is CN1C2CC3(C(N)=O)CC4(c5ccccc5)CC1C4(C2)C3. The van der Waals surface area contributed by atoms with Crippen molar-refractivity contribution in [3.05, 3.63) is 35.9 Å². The number of hydrogen-bond acceptors (Lipinski definition) is 2. The Morgan fingerprint density at radius 2 is 1.95 bits per heavy atom. The van der Waals surface area contributed by atoms with Crippen LogP contribution < -0.4 is 5.73 Å². The molecule has 3 heteroatoms. The van der Waals surface area contributed by atoms with Crippen LogP contribution in [0.3, 0.4) is 0 Å². The van der Waals surface area contributed by atoms with Crippen molar-refractivity contribution in [2.45, 2.75) is 49.6 Å². The molecule has 1 spiro atoms. The van der Waals surface area contributed by atoms with Crippen LogP contribution in [0.4, 0.5) is 0 Å². The van der Waals surface area contributed by atoms with Gasteiger partial charge in [0.2, 0.25) is 5.91 Å². The lowest BCUT2D eigenvalue weighted by Gasteiger charge is -2.60. The van der Waals surface area contributed by atoms with Crippen LogP contribution in [0.2, 0.25) is 0 Å². The van der Waals surface area contributed by atoms with Gasteiger partial charge in [-0.2, -0.15) is 0 Å². The Balaban J connectivity index is 1.72. The smallest absolute Gasteiger partial charge is 0.223 e. The predicted molar refractivity (Wildman–Crippen MR) is 80.6 cm³/mol. The van der Waals surface area contributed by atoms with Crippen LogP contribution in [0, 0.1) is 10.8 Å². The highest BCUT2D eigenvalue weighted by atomic mass is 16.1. The number of fused-ring (bicyclic) bond motifs is 2. The molecule has 1 aromatic rings. The first-order valence-electron chi connectivity index (χ1n) is 8.11. The molecule has 1 aliphatic heterocycles. The molecular formula is C18H22N2O. The molecule has 3 nitrogen and oxygen atoms in total. The van der Waals surface area contributed by atoms with Gasteiger partial charge in [0.25, 0.3) is 0 Å². The van der Waals surface area contributed by atoms with Gasteiger partial charge in [0.1, 0.15) is 0 Å². The molecule has 3 aliphatic carbocycles. The minimum absolute atomic E-state index is 0.0506. The van der Waals surface area contributed by atoms with E-state index in [2.05, 4.69) is 42.3 Å². The van der Waals surface area contributed by atoms with Gasteiger partial charge in [-0.1, -0.05) is 30.3 Å². The van der Waals surface area contributed by atoms with E-state index in [1.54, 1.807) is 0 Å². The maximum absolute atomic E-state index is 12.3. The fraction of sp³-hybridized carbons (Fsp3) is 0.611. The van der Waals surface area contributed by atoms with Crippen molar-refractivity contribution in [1.82, 2.24) is 4.90 Å². The van der Waals surface area contributed by atoms with E-state index in [-0.39, 0.29) is 16.7 Å². The number of carbonyl (C=O) groups excluding carboxylic acids is 1. The number of benzene rings is 1. The third-order valence-electron chi connectivity index (χ3n) is 7.57. The summed E-state index contributed by atoms with van der Waals surface area (Å²) in [7, 11) is 2.26. The monoisotopic (exact) mass is 282 g/mol. The van der Waals surface area contributed by atoms with Crippen LogP contribution in [0.15, 0.2) is 30.3 Å². The zero-order valence-corrected chi connectivity index (χ0v) is 12.5. The number of likely N-dealkylation sites (tertiary alicyclic amines) is 1. The number of primary amides is 1. The molecule has 1 heterocycles. The van der Waals surface area contributed by atoms with Gasteiger partial charge in [-0.05, 0) is 50.1 Å². The summed E-state index contributed by atoms with van der Waals surface area (Å²) in [5.41, 5.74) is 7.60. The van der Waals surface area contributed by atoms with Gasteiger partial charge in [-0.25, -0.2) is 0 Å². The average molecular weight is 282 g/mol. The quantitative estimate of drug-likeness (QED) is 0.902. The molecule has 1 amide bonds. The normalized spacial score (nSPS) is 50.0.